The first kappa shape index (κ1) is 7.66. The summed E-state index contributed by atoms with van der Waals surface area (Å²) in [4.78, 5) is 11.6. The highest BCUT2D eigenvalue weighted by molar-refractivity contribution is 7.99. The fourth-order valence-electron chi connectivity index (χ4n) is 2.25. The van der Waals surface area contributed by atoms with Gasteiger partial charge in [-0.3, -0.25) is 4.79 Å². The number of rotatable bonds is 0. The minimum absolute atomic E-state index is 0.156. The SMILES string of the molecule is O=C1CCSCC12CCCC2. The van der Waals surface area contributed by atoms with Crippen LogP contribution in [-0.2, 0) is 4.79 Å². The molecule has 1 aliphatic heterocycles. The lowest BCUT2D eigenvalue weighted by atomic mass is 9.82. The lowest BCUT2D eigenvalue weighted by molar-refractivity contribution is -0.127. The molecule has 2 fully saturated rings. The Morgan fingerprint density at radius 2 is 2.00 bits per heavy atom. The maximum Gasteiger partial charge on any atom is 0.140 e. The van der Waals surface area contributed by atoms with Crippen molar-refractivity contribution in [2.24, 2.45) is 5.41 Å². The summed E-state index contributed by atoms with van der Waals surface area (Å²) in [6.07, 6.45) is 5.76. The molecule has 0 atom stereocenters. The second-order valence-electron chi connectivity index (χ2n) is 3.71. The summed E-state index contributed by atoms with van der Waals surface area (Å²) >= 11 is 1.97. The highest BCUT2D eigenvalue weighted by Gasteiger charge is 2.41. The van der Waals surface area contributed by atoms with E-state index in [1.807, 2.05) is 11.8 Å². The van der Waals surface area contributed by atoms with Gasteiger partial charge >= 0.3 is 0 Å². The molecular formula is C9H14OS. The Morgan fingerprint density at radius 3 is 2.64 bits per heavy atom. The van der Waals surface area contributed by atoms with E-state index in [9.17, 15) is 4.79 Å². The van der Waals surface area contributed by atoms with E-state index in [1.165, 1.54) is 25.7 Å². The third kappa shape index (κ3) is 1.22. The van der Waals surface area contributed by atoms with Gasteiger partial charge in [0.05, 0.1) is 0 Å². The largest absolute Gasteiger partial charge is 0.299 e. The fourth-order valence-corrected chi connectivity index (χ4v) is 3.57. The monoisotopic (exact) mass is 170 g/mol. The van der Waals surface area contributed by atoms with Crippen LogP contribution >= 0.6 is 11.8 Å². The molecule has 2 rings (SSSR count). The Bertz CT molecular complexity index is 170. The lowest BCUT2D eigenvalue weighted by Crippen LogP contribution is -2.34. The molecule has 1 spiro atoms. The summed E-state index contributed by atoms with van der Waals surface area (Å²) < 4.78 is 0. The molecule has 62 valence electrons. The molecule has 0 bridgehead atoms. The fraction of sp³-hybridized carbons (Fsp3) is 0.889. The number of hydrogen-bond donors (Lipinski definition) is 0. The molecule has 1 heterocycles. The maximum atomic E-state index is 11.6. The van der Waals surface area contributed by atoms with E-state index in [0.717, 1.165) is 17.9 Å². The number of thioether (sulfide) groups is 1. The van der Waals surface area contributed by atoms with Crippen molar-refractivity contribution in [3.8, 4) is 0 Å². The number of carbonyl (C=O) groups excluding carboxylic acids is 1. The molecule has 11 heavy (non-hydrogen) atoms. The van der Waals surface area contributed by atoms with Gasteiger partial charge in [0.2, 0.25) is 0 Å². The third-order valence-electron chi connectivity index (χ3n) is 3.00. The Labute approximate surface area is 71.9 Å². The summed E-state index contributed by atoms with van der Waals surface area (Å²) in [7, 11) is 0. The molecule has 1 saturated carbocycles. The Balaban J connectivity index is 2.13. The van der Waals surface area contributed by atoms with Gasteiger partial charge in [-0.15, -0.1) is 0 Å². The zero-order chi connectivity index (χ0) is 7.73. The molecule has 1 saturated heterocycles. The maximum absolute atomic E-state index is 11.6. The molecule has 0 N–H and O–H groups in total. The third-order valence-corrected chi connectivity index (χ3v) is 4.25. The summed E-state index contributed by atoms with van der Waals surface area (Å²) in [5.74, 6) is 2.75. The number of hydrogen-bond acceptors (Lipinski definition) is 2. The van der Waals surface area contributed by atoms with Gasteiger partial charge in [0.25, 0.3) is 0 Å². The van der Waals surface area contributed by atoms with Crippen molar-refractivity contribution < 1.29 is 4.79 Å². The van der Waals surface area contributed by atoms with Gasteiger partial charge in [-0.1, -0.05) is 12.8 Å². The van der Waals surface area contributed by atoms with Gasteiger partial charge in [-0.05, 0) is 12.8 Å². The molecule has 2 aliphatic rings. The minimum atomic E-state index is 0.156. The Hall–Kier alpha value is 0.0200. The second-order valence-corrected chi connectivity index (χ2v) is 4.82. The van der Waals surface area contributed by atoms with Gasteiger partial charge in [-0.2, -0.15) is 11.8 Å². The van der Waals surface area contributed by atoms with E-state index in [0.29, 0.717) is 5.78 Å². The molecule has 0 radical (unpaired) electrons. The quantitative estimate of drug-likeness (QED) is 0.554. The van der Waals surface area contributed by atoms with Crippen molar-refractivity contribution >= 4 is 17.5 Å². The molecule has 0 amide bonds. The van der Waals surface area contributed by atoms with Gasteiger partial charge in [0.1, 0.15) is 5.78 Å². The van der Waals surface area contributed by atoms with Crippen LogP contribution in [0.4, 0.5) is 0 Å². The van der Waals surface area contributed by atoms with Gasteiger partial charge < -0.3 is 0 Å². The summed E-state index contributed by atoms with van der Waals surface area (Å²) in [5, 5.41) is 0. The zero-order valence-electron chi connectivity index (χ0n) is 6.77. The van der Waals surface area contributed by atoms with Crippen LogP contribution < -0.4 is 0 Å². The van der Waals surface area contributed by atoms with E-state index in [2.05, 4.69) is 0 Å². The Kier molecular flexibility index (Phi) is 1.96. The van der Waals surface area contributed by atoms with Crippen LogP contribution in [0.25, 0.3) is 0 Å². The molecule has 1 nitrogen and oxygen atoms in total. The molecular weight excluding hydrogens is 156 g/mol. The van der Waals surface area contributed by atoms with E-state index < -0.39 is 0 Å². The lowest BCUT2D eigenvalue weighted by Gasteiger charge is -2.30. The van der Waals surface area contributed by atoms with Crippen LogP contribution in [0.2, 0.25) is 0 Å². The van der Waals surface area contributed by atoms with Crippen LogP contribution in [0.1, 0.15) is 32.1 Å². The highest BCUT2D eigenvalue weighted by atomic mass is 32.2. The minimum Gasteiger partial charge on any atom is -0.299 e. The first-order chi connectivity index (χ1) is 5.33. The van der Waals surface area contributed by atoms with Crippen molar-refractivity contribution in [3.05, 3.63) is 0 Å². The average molecular weight is 170 g/mol. The summed E-state index contributed by atoms with van der Waals surface area (Å²) in [6.45, 7) is 0. The number of carbonyl (C=O) groups is 1. The predicted octanol–water partition coefficient (Wildman–Crippen LogP) is 2.25. The van der Waals surface area contributed by atoms with Crippen LogP contribution in [0.5, 0.6) is 0 Å². The normalized spacial score (nSPS) is 29.6. The first-order valence-electron chi connectivity index (χ1n) is 4.45. The van der Waals surface area contributed by atoms with E-state index in [1.54, 1.807) is 0 Å². The van der Waals surface area contributed by atoms with Crippen LogP contribution in [0.3, 0.4) is 0 Å². The van der Waals surface area contributed by atoms with E-state index >= 15 is 0 Å². The smallest absolute Gasteiger partial charge is 0.140 e. The molecule has 1 aliphatic carbocycles. The van der Waals surface area contributed by atoms with Crippen molar-refractivity contribution in [1.29, 1.82) is 0 Å². The standard InChI is InChI=1S/C9H14OS/c10-8-3-6-11-7-9(8)4-1-2-5-9/h1-7H2. The molecule has 0 aromatic heterocycles. The summed E-state index contributed by atoms with van der Waals surface area (Å²) in [5.41, 5.74) is 0.156. The van der Waals surface area contributed by atoms with Crippen molar-refractivity contribution in [2.75, 3.05) is 11.5 Å². The predicted molar refractivity (Wildman–Crippen MR) is 47.9 cm³/mol. The number of Topliss-reactive ketones (excluding diaryl/α,β-unsaturated/α-hetero) is 1. The van der Waals surface area contributed by atoms with Crippen molar-refractivity contribution in [3.63, 3.8) is 0 Å². The zero-order valence-corrected chi connectivity index (χ0v) is 7.58. The molecule has 0 aromatic carbocycles. The van der Waals surface area contributed by atoms with Gasteiger partial charge in [0, 0.05) is 23.3 Å². The van der Waals surface area contributed by atoms with Crippen molar-refractivity contribution in [1.82, 2.24) is 0 Å². The second kappa shape index (κ2) is 2.81. The topological polar surface area (TPSA) is 17.1 Å². The first-order valence-corrected chi connectivity index (χ1v) is 5.60. The highest BCUT2D eigenvalue weighted by Crippen LogP contribution is 2.44. The van der Waals surface area contributed by atoms with E-state index in [4.69, 9.17) is 0 Å². The van der Waals surface area contributed by atoms with E-state index in [-0.39, 0.29) is 5.41 Å². The molecule has 0 aromatic rings. The number of ketones is 1. The Morgan fingerprint density at radius 1 is 1.27 bits per heavy atom. The molecule has 2 heteroatoms. The van der Waals surface area contributed by atoms with Crippen LogP contribution in [0, 0.1) is 5.41 Å². The average Bonchev–Trinajstić information content (AvgIpc) is 2.46. The van der Waals surface area contributed by atoms with Crippen molar-refractivity contribution in [2.45, 2.75) is 32.1 Å². The van der Waals surface area contributed by atoms with Crippen LogP contribution in [-0.4, -0.2) is 17.3 Å². The van der Waals surface area contributed by atoms with Crippen LogP contribution in [0.15, 0.2) is 0 Å². The van der Waals surface area contributed by atoms with Gasteiger partial charge in [0.15, 0.2) is 0 Å². The molecule has 0 unspecified atom stereocenters. The van der Waals surface area contributed by atoms with Gasteiger partial charge in [-0.25, -0.2) is 0 Å². The summed E-state index contributed by atoms with van der Waals surface area (Å²) in [6, 6.07) is 0.